The standard InChI is InChI=1S/C9H11BrN2O5S/c10-3-1-12(9(17)11-7(3)16)8-6(15)5(14)4(2-13)18-8/h1,4-6,8,13-15H,2H2,(H,11,16,17)/t4-,5?,6?,8-/m1/s1. The summed E-state index contributed by atoms with van der Waals surface area (Å²) in [5.74, 6) is 0. The van der Waals surface area contributed by atoms with E-state index in [0.717, 1.165) is 16.3 Å². The van der Waals surface area contributed by atoms with E-state index in [1.807, 2.05) is 0 Å². The molecule has 100 valence electrons. The van der Waals surface area contributed by atoms with Gasteiger partial charge in [-0.2, -0.15) is 0 Å². The molecule has 2 heterocycles. The molecule has 4 atom stereocenters. The van der Waals surface area contributed by atoms with Crippen molar-refractivity contribution in [2.45, 2.75) is 22.8 Å². The van der Waals surface area contributed by atoms with Gasteiger partial charge in [-0.3, -0.25) is 14.3 Å². The zero-order chi connectivity index (χ0) is 13.4. The molecule has 1 aromatic rings. The van der Waals surface area contributed by atoms with Crippen molar-refractivity contribution in [1.82, 2.24) is 9.55 Å². The van der Waals surface area contributed by atoms with E-state index in [1.54, 1.807) is 0 Å². The smallest absolute Gasteiger partial charge is 0.329 e. The largest absolute Gasteiger partial charge is 0.395 e. The highest BCUT2D eigenvalue weighted by atomic mass is 79.9. The molecule has 1 aromatic heterocycles. The van der Waals surface area contributed by atoms with Crippen LogP contribution < -0.4 is 11.2 Å². The minimum absolute atomic E-state index is 0.150. The minimum Gasteiger partial charge on any atom is -0.395 e. The SMILES string of the molecule is O=c1[nH]c(=O)n([C@@H]2S[C@H](CO)C(O)C2O)cc1Br. The first kappa shape index (κ1) is 13.8. The summed E-state index contributed by atoms with van der Waals surface area (Å²) < 4.78 is 1.27. The first-order chi connectivity index (χ1) is 8.45. The zero-order valence-electron chi connectivity index (χ0n) is 8.99. The second-order valence-corrected chi connectivity index (χ2v) is 6.09. The molecule has 1 aliphatic rings. The Morgan fingerprint density at radius 1 is 1.39 bits per heavy atom. The van der Waals surface area contributed by atoms with Gasteiger partial charge in [0.2, 0.25) is 0 Å². The van der Waals surface area contributed by atoms with Gasteiger partial charge in [0.15, 0.2) is 0 Å². The number of nitrogens with one attached hydrogen (secondary N) is 1. The van der Waals surface area contributed by atoms with Gasteiger partial charge in [0.1, 0.15) is 11.5 Å². The van der Waals surface area contributed by atoms with Crippen LogP contribution in [0, 0.1) is 0 Å². The van der Waals surface area contributed by atoms with Crippen LogP contribution in [0.2, 0.25) is 0 Å². The van der Waals surface area contributed by atoms with Crippen LogP contribution in [0.3, 0.4) is 0 Å². The normalized spacial score (nSPS) is 31.8. The predicted octanol–water partition coefficient (Wildman–Crippen LogP) is -1.37. The quantitative estimate of drug-likeness (QED) is 0.528. The Kier molecular flexibility index (Phi) is 3.97. The summed E-state index contributed by atoms with van der Waals surface area (Å²) in [6, 6.07) is 0. The lowest BCUT2D eigenvalue weighted by Gasteiger charge is -2.17. The summed E-state index contributed by atoms with van der Waals surface area (Å²) >= 11 is 4.07. The van der Waals surface area contributed by atoms with Gasteiger partial charge in [-0.15, -0.1) is 11.8 Å². The summed E-state index contributed by atoms with van der Waals surface area (Å²) in [5, 5.41) is 27.2. The molecule has 18 heavy (non-hydrogen) atoms. The van der Waals surface area contributed by atoms with E-state index in [1.165, 1.54) is 6.20 Å². The van der Waals surface area contributed by atoms with Gasteiger partial charge in [0.25, 0.3) is 5.56 Å². The Hall–Kier alpha value is -0.610. The molecule has 0 saturated carbocycles. The summed E-state index contributed by atoms with van der Waals surface area (Å²) in [4.78, 5) is 24.9. The zero-order valence-corrected chi connectivity index (χ0v) is 11.4. The van der Waals surface area contributed by atoms with Crippen molar-refractivity contribution in [2.75, 3.05) is 6.61 Å². The number of aromatic amines is 1. The van der Waals surface area contributed by atoms with Crippen LogP contribution in [-0.4, -0.2) is 48.9 Å². The fourth-order valence-corrected chi connectivity index (χ4v) is 3.46. The van der Waals surface area contributed by atoms with Gasteiger partial charge in [0, 0.05) is 6.20 Å². The Balaban J connectivity index is 2.42. The number of thioether (sulfide) groups is 1. The third kappa shape index (κ3) is 2.28. The summed E-state index contributed by atoms with van der Waals surface area (Å²) in [6.45, 7) is -0.307. The van der Waals surface area contributed by atoms with Crippen molar-refractivity contribution in [2.24, 2.45) is 0 Å². The lowest BCUT2D eigenvalue weighted by Crippen LogP contribution is -2.37. The van der Waals surface area contributed by atoms with Gasteiger partial charge in [-0.05, 0) is 15.9 Å². The second kappa shape index (κ2) is 5.17. The Morgan fingerprint density at radius 3 is 2.61 bits per heavy atom. The molecule has 7 nitrogen and oxygen atoms in total. The van der Waals surface area contributed by atoms with Crippen molar-refractivity contribution in [3.05, 3.63) is 31.5 Å². The average molecular weight is 339 g/mol. The maximum Gasteiger partial charge on any atom is 0.329 e. The third-order valence-electron chi connectivity index (χ3n) is 2.72. The maximum atomic E-state index is 11.6. The molecular weight excluding hydrogens is 328 g/mol. The lowest BCUT2D eigenvalue weighted by atomic mass is 10.1. The van der Waals surface area contributed by atoms with E-state index >= 15 is 0 Å². The van der Waals surface area contributed by atoms with E-state index in [0.29, 0.717) is 0 Å². The molecule has 2 unspecified atom stereocenters. The van der Waals surface area contributed by atoms with E-state index in [9.17, 15) is 19.8 Å². The van der Waals surface area contributed by atoms with Gasteiger partial charge in [-0.25, -0.2) is 4.79 Å². The molecule has 0 bridgehead atoms. The maximum absolute atomic E-state index is 11.6. The Bertz CT molecular complexity index is 559. The highest BCUT2D eigenvalue weighted by Gasteiger charge is 2.43. The molecule has 1 fully saturated rings. The van der Waals surface area contributed by atoms with Crippen LogP contribution in [0.15, 0.2) is 20.3 Å². The third-order valence-corrected chi connectivity index (χ3v) is 4.84. The number of halogens is 1. The number of rotatable bonds is 2. The minimum atomic E-state index is -1.19. The van der Waals surface area contributed by atoms with Crippen molar-refractivity contribution in [3.8, 4) is 0 Å². The van der Waals surface area contributed by atoms with Crippen molar-refractivity contribution in [1.29, 1.82) is 0 Å². The number of nitrogens with zero attached hydrogens (tertiary/aromatic N) is 1. The molecule has 0 spiro atoms. The van der Waals surface area contributed by atoms with E-state index in [-0.39, 0.29) is 11.1 Å². The Labute approximate surface area is 114 Å². The van der Waals surface area contributed by atoms with Gasteiger partial charge >= 0.3 is 5.69 Å². The first-order valence-corrected chi connectivity index (χ1v) is 6.82. The number of aliphatic hydroxyl groups is 3. The van der Waals surface area contributed by atoms with Crippen LogP contribution in [0.5, 0.6) is 0 Å². The van der Waals surface area contributed by atoms with E-state index in [4.69, 9.17) is 5.11 Å². The fourth-order valence-electron chi connectivity index (χ4n) is 1.76. The molecule has 0 aliphatic carbocycles. The molecule has 1 aliphatic heterocycles. The number of hydrogen-bond donors (Lipinski definition) is 4. The highest BCUT2D eigenvalue weighted by molar-refractivity contribution is 9.10. The number of H-pyrrole nitrogens is 1. The van der Waals surface area contributed by atoms with Gasteiger partial charge < -0.3 is 15.3 Å². The highest BCUT2D eigenvalue weighted by Crippen LogP contribution is 2.40. The Morgan fingerprint density at radius 2 is 2.06 bits per heavy atom. The first-order valence-electron chi connectivity index (χ1n) is 5.09. The van der Waals surface area contributed by atoms with Crippen LogP contribution in [0.25, 0.3) is 0 Å². The molecule has 2 rings (SSSR count). The monoisotopic (exact) mass is 338 g/mol. The summed E-state index contributed by atoms with van der Waals surface area (Å²) in [5.41, 5.74) is -1.24. The summed E-state index contributed by atoms with van der Waals surface area (Å²) in [7, 11) is 0. The topological polar surface area (TPSA) is 116 Å². The molecule has 1 saturated heterocycles. The van der Waals surface area contributed by atoms with Crippen molar-refractivity contribution in [3.63, 3.8) is 0 Å². The molecule has 0 aromatic carbocycles. The van der Waals surface area contributed by atoms with Crippen LogP contribution >= 0.6 is 27.7 Å². The number of hydrogen-bond acceptors (Lipinski definition) is 6. The predicted molar refractivity (Wildman–Crippen MR) is 68.5 cm³/mol. The molecule has 9 heteroatoms. The van der Waals surface area contributed by atoms with Crippen LogP contribution in [0.1, 0.15) is 5.37 Å². The molecule has 4 N–H and O–H groups in total. The number of aromatic nitrogens is 2. The van der Waals surface area contributed by atoms with Gasteiger partial charge in [-0.1, -0.05) is 0 Å². The lowest BCUT2D eigenvalue weighted by molar-refractivity contribution is 0.0101. The van der Waals surface area contributed by atoms with E-state index in [2.05, 4.69) is 20.9 Å². The van der Waals surface area contributed by atoms with E-state index < -0.39 is 34.1 Å². The van der Waals surface area contributed by atoms with Crippen LogP contribution in [0.4, 0.5) is 0 Å². The summed E-state index contributed by atoms with van der Waals surface area (Å²) in [6.07, 6.45) is -1.06. The average Bonchev–Trinajstić information content (AvgIpc) is 2.61. The second-order valence-electron chi connectivity index (χ2n) is 3.87. The van der Waals surface area contributed by atoms with Crippen LogP contribution in [-0.2, 0) is 0 Å². The number of aliphatic hydroxyl groups excluding tert-OH is 3. The van der Waals surface area contributed by atoms with Gasteiger partial charge in [0.05, 0.1) is 22.4 Å². The van der Waals surface area contributed by atoms with Crippen molar-refractivity contribution >= 4 is 27.7 Å². The molecular formula is C9H11BrN2O5S. The van der Waals surface area contributed by atoms with Crippen molar-refractivity contribution < 1.29 is 15.3 Å². The molecule has 0 radical (unpaired) electrons. The molecule has 0 amide bonds. The fraction of sp³-hybridized carbons (Fsp3) is 0.556.